The van der Waals surface area contributed by atoms with Crippen LogP contribution in [0.5, 0.6) is 0 Å². The fraction of sp³-hybridized carbons (Fsp3) is 0.375. The Bertz CT molecular complexity index is 569. The number of nitrogens with two attached hydrogens (primary N) is 1. The summed E-state index contributed by atoms with van der Waals surface area (Å²) >= 11 is 1.70. The van der Waals surface area contributed by atoms with Crippen molar-refractivity contribution in [3.8, 4) is 0 Å². The number of hydrogen-bond donors (Lipinski definition) is 2. The van der Waals surface area contributed by atoms with E-state index in [4.69, 9.17) is 5.73 Å². The zero-order valence-corrected chi connectivity index (χ0v) is 15.9. The first-order chi connectivity index (χ1) is 10.3. The summed E-state index contributed by atoms with van der Waals surface area (Å²) in [4.78, 5) is 8.90. The lowest BCUT2D eigenvalue weighted by molar-refractivity contribution is 0.822. The molecule has 2 rings (SSSR count). The molecule has 0 spiro atoms. The molecule has 0 radical (unpaired) electrons. The van der Waals surface area contributed by atoms with Gasteiger partial charge in [0, 0.05) is 18.3 Å². The maximum absolute atomic E-state index is 5.76. The molecule has 0 bridgehead atoms. The number of halogens is 1. The lowest BCUT2D eigenvalue weighted by Crippen LogP contribution is -2.32. The van der Waals surface area contributed by atoms with Crippen LogP contribution in [-0.4, -0.2) is 17.5 Å². The van der Waals surface area contributed by atoms with Crippen molar-refractivity contribution >= 4 is 41.3 Å². The van der Waals surface area contributed by atoms with Crippen molar-refractivity contribution in [2.45, 2.75) is 32.7 Å². The molecule has 0 fully saturated rings. The van der Waals surface area contributed by atoms with E-state index >= 15 is 0 Å². The number of thiazole rings is 1. The van der Waals surface area contributed by atoms with Crippen LogP contribution in [0.15, 0.2) is 40.7 Å². The smallest absolute Gasteiger partial charge is 0.188 e. The zero-order chi connectivity index (χ0) is 14.9. The van der Waals surface area contributed by atoms with Crippen LogP contribution in [0, 0.1) is 0 Å². The van der Waals surface area contributed by atoms with Crippen molar-refractivity contribution in [3.63, 3.8) is 0 Å². The van der Waals surface area contributed by atoms with Gasteiger partial charge in [-0.3, -0.25) is 0 Å². The second-order valence-electron chi connectivity index (χ2n) is 4.85. The van der Waals surface area contributed by atoms with E-state index in [0.29, 0.717) is 12.5 Å². The van der Waals surface area contributed by atoms with E-state index in [0.717, 1.165) is 36.5 Å². The van der Waals surface area contributed by atoms with Crippen LogP contribution in [0.3, 0.4) is 0 Å². The summed E-state index contributed by atoms with van der Waals surface area (Å²) in [6, 6.07) is 10.5. The molecule has 0 aliphatic rings. The van der Waals surface area contributed by atoms with Crippen LogP contribution < -0.4 is 11.1 Å². The number of aliphatic imine (C=N–C) groups is 1. The second-order valence-corrected chi connectivity index (χ2v) is 5.79. The molecule has 1 aromatic carbocycles. The summed E-state index contributed by atoms with van der Waals surface area (Å²) in [5.41, 5.74) is 8.10. The van der Waals surface area contributed by atoms with Crippen molar-refractivity contribution < 1.29 is 0 Å². The van der Waals surface area contributed by atoms with E-state index < -0.39 is 0 Å². The van der Waals surface area contributed by atoms with E-state index in [2.05, 4.69) is 51.9 Å². The Labute approximate surface area is 153 Å². The number of guanidine groups is 1. The zero-order valence-electron chi connectivity index (χ0n) is 12.8. The molecule has 6 heteroatoms. The number of nitrogens with one attached hydrogen (secondary N) is 1. The number of rotatable bonds is 7. The van der Waals surface area contributed by atoms with Crippen molar-refractivity contribution in [2.24, 2.45) is 10.7 Å². The standard InChI is InChI=1S/C16H22N4S.HI/c1-2-10-18-16(17)19-11-14-12-21-15(20-14)9-8-13-6-4-3-5-7-13;/h3-7,12H,2,8-11H2,1H3,(H3,17,18,19);1H. The van der Waals surface area contributed by atoms with Gasteiger partial charge in [-0.05, 0) is 18.4 Å². The summed E-state index contributed by atoms with van der Waals surface area (Å²) in [7, 11) is 0. The molecule has 22 heavy (non-hydrogen) atoms. The van der Waals surface area contributed by atoms with Crippen LogP contribution in [0.2, 0.25) is 0 Å². The fourth-order valence-electron chi connectivity index (χ4n) is 1.91. The third kappa shape index (κ3) is 6.74. The third-order valence-corrected chi connectivity index (χ3v) is 3.99. The minimum atomic E-state index is 0. The van der Waals surface area contributed by atoms with Gasteiger partial charge in [0.05, 0.1) is 17.2 Å². The SMILES string of the molecule is CCCNC(N)=NCc1csc(CCc2ccccc2)n1.I. The van der Waals surface area contributed by atoms with E-state index in [-0.39, 0.29) is 24.0 Å². The Kier molecular flexibility index (Phi) is 9.07. The molecule has 1 heterocycles. The Morgan fingerprint density at radius 3 is 2.77 bits per heavy atom. The van der Waals surface area contributed by atoms with Crippen molar-refractivity contribution in [2.75, 3.05) is 6.54 Å². The third-order valence-electron chi connectivity index (χ3n) is 3.04. The minimum absolute atomic E-state index is 0. The molecule has 0 saturated carbocycles. The van der Waals surface area contributed by atoms with Gasteiger partial charge >= 0.3 is 0 Å². The maximum atomic E-state index is 5.76. The molecule has 0 aliphatic carbocycles. The lowest BCUT2D eigenvalue weighted by Gasteiger charge is -2.02. The van der Waals surface area contributed by atoms with Crippen LogP contribution >= 0.6 is 35.3 Å². The number of aromatic nitrogens is 1. The van der Waals surface area contributed by atoms with Crippen LogP contribution in [0.4, 0.5) is 0 Å². The highest BCUT2D eigenvalue weighted by atomic mass is 127. The Balaban J connectivity index is 0.00000242. The lowest BCUT2D eigenvalue weighted by atomic mass is 10.1. The van der Waals surface area contributed by atoms with Crippen LogP contribution in [0.25, 0.3) is 0 Å². The first-order valence-corrected chi connectivity index (χ1v) is 8.17. The average molecular weight is 430 g/mol. The molecular formula is C16H23IN4S. The minimum Gasteiger partial charge on any atom is -0.370 e. The highest BCUT2D eigenvalue weighted by molar-refractivity contribution is 14.0. The molecular weight excluding hydrogens is 407 g/mol. The van der Waals surface area contributed by atoms with Gasteiger partial charge < -0.3 is 11.1 Å². The largest absolute Gasteiger partial charge is 0.370 e. The molecule has 2 aromatic rings. The van der Waals surface area contributed by atoms with Crippen molar-refractivity contribution in [1.29, 1.82) is 0 Å². The van der Waals surface area contributed by atoms with E-state index in [1.807, 2.05) is 6.07 Å². The summed E-state index contributed by atoms with van der Waals surface area (Å²) in [6.45, 7) is 3.50. The summed E-state index contributed by atoms with van der Waals surface area (Å²) in [6.07, 6.45) is 3.04. The number of nitrogens with zero attached hydrogens (tertiary/aromatic N) is 2. The average Bonchev–Trinajstić information content (AvgIpc) is 2.98. The van der Waals surface area contributed by atoms with Gasteiger partial charge in [0.1, 0.15) is 0 Å². The fourth-order valence-corrected chi connectivity index (χ4v) is 2.70. The van der Waals surface area contributed by atoms with Gasteiger partial charge in [-0.25, -0.2) is 9.98 Å². The number of aryl methyl sites for hydroxylation is 2. The highest BCUT2D eigenvalue weighted by Gasteiger charge is 2.02. The quantitative estimate of drug-likeness (QED) is 0.402. The van der Waals surface area contributed by atoms with Gasteiger partial charge in [-0.2, -0.15) is 0 Å². The normalized spacial score (nSPS) is 11.0. The van der Waals surface area contributed by atoms with Gasteiger partial charge in [-0.1, -0.05) is 37.3 Å². The molecule has 1 aromatic heterocycles. The second kappa shape index (κ2) is 10.6. The Morgan fingerprint density at radius 2 is 2.05 bits per heavy atom. The van der Waals surface area contributed by atoms with Crippen molar-refractivity contribution in [1.82, 2.24) is 10.3 Å². The van der Waals surface area contributed by atoms with E-state index in [9.17, 15) is 0 Å². The monoisotopic (exact) mass is 430 g/mol. The molecule has 3 N–H and O–H groups in total. The molecule has 120 valence electrons. The van der Waals surface area contributed by atoms with Gasteiger partial charge in [0.2, 0.25) is 0 Å². The van der Waals surface area contributed by atoms with E-state index in [1.165, 1.54) is 5.56 Å². The number of benzene rings is 1. The van der Waals surface area contributed by atoms with Crippen LogP contribution in [0.1, 0.15) is 29.6 Å². The summed E-state index contributed by atoms with van der Waals surface area (Å²) < 4.78 is 0. The summed E-state index contributed by atoms with van der Waals surface area (Å²) in [5.74, 6) is 0.496. The van der Waals surface area contributed by atoms with E-state index in [1.54, 1.807) is 11.3 Å². The maximum Gasteiger partial charge on any atom is 0.188 e. The van der Waals surface area contributed by atoms with Gasteiger partial charge in [0.15, 0.2) is 5.96 Å². The first kappa shape index (κ1) is 18.9. The Hall–Kier alpha value is -1.15. The molecule has 0 unspecified atom stereocenters. The summed E-state index contributed by atoms with van der Waals surface area (Å²) in [5, 5.41) is 6.28. The predicted octanol–water partition coefficient (Wildman–Crippen LogP) is 3.36. The number of hydrogen-bond acceptors (Lipinski definition) is 3. The molecule has 0 atom stereocenters. The molecule has 0 saturated heterocycles. The van der Waals surface area contributed by atoms with Gasteiger partial charge in [-0.15, -0.1) is 35.3 Å². The molecule has 4 nitrogen and oxygen atoms in total. The van der Waals surface area contributed by atoms with Gasteiger partial charge in [0.25, 0.3) is 0 Å². The van der Waals surface area contributed by atoms with Crippen LogP contribution in [-0.2, 0) is 19.4 Å². The molecule has 0 amide bonds. The Morgan fingerprint density at radius 1 is 1.27 bits per heavy atom. The highest BCUT2D eigenvalue weighted by Crippen LogP contribution is 2.13. The van der Waals surface area contributed by atoms with Crippen molar-refractivity contribution in [3.05, 3.63) is 52.0 Å². The first-order valence-electron chi connectivity index (χ1n) is 7.29. The predicted molar refractivity (Wildman–Crippen MR) is 105 cm³/mol. The molecule has 0 aliphatic heterocycles. The topological polar surface area (TPSA) is 63.3 Å².